The van der Waals surface area contributed by atoms with Gasteiger partial charge in [0.05, 0.1) is 25.3 Å². The second kappa shape index (κ2) is 6.86. The predicted molar refractivity (Wildman–Crippen MR) is 74.7 cm³/mol. The summed E-state index contributed by atoms with van der Waals surface area (Å²) in [5.74, 6) is -0.189. The largest absolute Gasteiger partial charge is 0.469 e. The number of methoxy groups -OCH3 is 1. The highest BCUT2D eigenvalue weighted by Crippen LogP contribution is 2.23. The topological polar surface area (TPSA) is 51.7 Å². The molecular formula is C13H20N2O3S. The zero-order chi connectivity index (χ0) is 13.7. The molecule has 1 aromatic rings. The molecule has 0 radical (unpaired) electrons. The van der Waals surface area contributed by atoms with Gasteiger partial charge in [-0.25, -0.2) is 4.98 Å². The lowest BCUT2D eigenvalue weighted by atomic mass is 10.2. The van der Waals surface area contributed by atoms with Crippen LogP contribution in [0, 0.1) is 0 Å². The fourth-order valence-electron chi connectivity index (χ4n) is 2.06. The van der Waals surface area contributed by atoms with E-state index in [4.69, 9.17) is 4.74 Å². The number of aromatic nitrogens is 1. The van der Waals surface area contributed by atoms with Crippen molar-refractivity contribution in [3.63, 3.8) is 0 Å². The van der Waals surface area contributed by atoms with Gasteiger partial charge in [0.25, 0.3) is 0 Å². The first-order chi connectivity index (χ1) is 9.19. The molecule has 5 nitrogen and oxygen atoms in total. The van der Waals surface area contributed by atoms with Crippen LogP contribution in [0.1, 0.15) is 25.5 Å². The molecule has 0 aromatic carbocycles. The van der Waals surface area contributed by atoms with Crippen molar-refractivity contribution in [2.75, 3.05) is 31.7 Å². The van der Waals surface area contributed by atoms with Gasteiger partial charge in [0.15, 0.2) is 5.13 Å². The van der Waals surface area contributed by atoms with Crippen LogP contribution in [0.3, 0.4) is 0 Å². The van der Waals surface area contributed by atoms with Crippen LogP contribution in [0.5, 0.6) is 0 Å². The number of hydrogen-bond acceptors (Lipinski definition) is 6. The molecule has 0 amide bonds. The first kappa shape index (κ1) is 14.3. The Kier molecular flexibility index (Phi) is 5.15. The Morgan fingerprint density at radius 3 is 3.32 bits per heavy atom. The zero-order valence-electron chi connectivity index (χ0n) is 11.4. The van der Waals surface area contributed by atoms with Gasteiger partial charge < -0.3 is 14.4 Å². The lowest BCUT2D eigenvalue weighted by Crippen LogP contribution is -2.29. The summed E-state index contributed by atoms with van der Waals surface area (Å²) in [6, 6.07) is 0. The molecule has 19 heavy (non-hydrogen) atoms. The minimum Gasteiger partial charge on any atom is -0.469 e. The Hall–Kier alpha value is -1.14. The summed E-state index contributed by atoms with van der Waals surface area (Å²) in [6.45, 7) is 4.76. The fraction of sp³-hybridized carbons (Fsp3) is 0.692. The SMILES string of the molecule is COC(=O)CCc1csc(N2CCCOC(C)C2)n1. The molecule has 1 aliphatic heterocycles. The van der Waals surface area contributed by atoms with Gasteiger partial charge in [-0.3, -0.25) is 4.79 Å². The van der Waals surface area contributed by atoms with Crippen molar-refractivity contribution in [2.24, 2.45) is 0 Å². The summed E-state index contributed by atoms with van der Waals surface area (Å²) in [7, 11) is 1.41. The van der Waals surface area contributed by atoms with Crippen LogP contribution >= 0.6 is 11.3 Å². The van der Waals surface area contributed by atoms with Crippen LogP contribution in [0.15, 0.2) is 5.38 Å². The molecule has 1 aromatic heterocycles. The predicted octanol–water partition coefficient (Wildman–Crippen LogP) is 1.86. The van der Waals surface area contributed by atoms with E-state index >= 15 is 0 Å². The smallest absolute Gasteiger partial charge is 0.305 e. The van der Waals surface area contributed by atoms with E-state index in [1.54, 1.807) is 11.3 Å². The molecule has 6 heteroatoms. The van der Waals surface area contributed by atoms with E-state index in [1.807, 2.05) is 5.38 Å². The Morgan fingerprint density at radius 1 is 1.68 bits per heavy atom. The summed E-state index contributed by atoms with van der Waals surface area (Å²) < 4.78 is 10.3. The Balaban J connectivity index is 1.93. The second-order valence-corrected chi connectivity index (χ2v) is 5.52. The number of nitrogens with zero attached hydrogens (tertiary/aromatic N) is 2. The van der Waals surface area contributed by atoms with Gasteiger partial charge in [-0.15, -0.1) is 11.3 Å². The van der Waals surface area contributed by atoms with Gasteiger partial charge in [0.2, 0.25) is 0 Å². The molecular weight excluding hydrogens is 264 g/mol. The quantitative estimate of drug-likeness (QED) is 0.790. The zero-order valence-corrected chi connectivity index (χ0v) is 12.2. The van der Waals surface area contributed by atoms with Crippen molar-refractivity contribution in [3.8, 4) is 0 Å². The maximum absolute atomic E-state index is 11.1. The Labute approximate surface area is 117 Å². The molecule has 0 bridgehead atoms. The molecule has 0 N–H and O–H groups in total. The minimum absolute atomic E-state index is 0.189. The number of thiazole rings is 1. The number of ether oxygens (including phenoxy) is 2. The first-order valence-electron chi connectivity index (χ1n) is 6.57. The van der Waals surface area contributed by atoms with Crippen molar-refractivity contribution in [3.05, 3.63) is 11.1 Å². The molecule has 0 spiro atoms. The molecule has 1 fully saturated rings. The van der Waals surface area contributed by atoms with Crippen molar-refractivity contribution >= 4 is 22.4 Å². The number of carbonyl (C=O) groups is 1. The van der Waals surface area contributed by atoms with E-state index < -0.39 is 0 Å². The third-order valence-corrected chi connectivity index (χ3v) is 4.03. The van der Waals surface area contributed by atoms with Crippen LogP contribution in [0.25, 0.3) is 0 Å². The van der Waals surface area contributed by atoms with Crippen molar-refractivity contribution in [2.45, 2.75) is 32.3 Å². The van der Waals surface area contributed by atoms with Gasteiger partial charge in [0.1, 0.15) is 0 Å². The van der Waals surface area contributed by atoms with E-state index in [0.29, 0.717) is 12.8 Å². The number of esters is 1. The van der Waals surface area contributed by atoms with Crippen LogP contribution in [-0.2, 0) is 20.7 Å². The van der Waals surface area contributed by atoms with Crippen LogP contribution < -0.4 is 4.90 Å². The fourth-order valence-corrected chi connectivity index (χ4v) is 2.95. The van der Waals surface area contributed by atoms with E-state index in [9.17, 15) is 4.79 Å². The number of carbonyl (C=O) groups excluding carboxylic acids is 1. The summed E-state index contributed by atoms with van der Waals surface area (Å²) in [5, 5.41) is 3.05. The Morgan fingerprint density at radius 2 is 2.53 bits per heavy atom. The minimum atomic E-state index is -0.189. The first-order valence-corrected chi connectivity index (χ1v) is 7.45. The molecule has 0 saturated carbocycles. The van der Waals surface area contributed by atoms with E-state index in [0.717, 1.165) is 36.9 Å². The molecule has 1 aliphatic rings. The summed E-state index contributed by atoms with van der Waals surface area (Å²) in [6.07, 6.45) is 2.30. The standard InChI is InChI=1S/C13H20N2O3S/c1-10-8-15(6-3-7-18-10)13-14-11(9-19-13)4-5-12(16)17-2/h9-10H,3-8H2,1-2H3. The van der Waals surface area contributed by atoms with Crippen LogP contribution in [0.4, 0.5) is 5.13 Å². The highest BCUT2D eigenvalue weighted by molar-refractivity contribution is 7.13. The van der Waals surface area contributed by atoms with Gasteiger partial charge in [-0.05, 0) is 13.3 Å². The third-order valence-electron chi connectivity index (χ3n) is 3.08. The number of anilines is 1. The van der Waals surface area contributed by atoms with Crippen LogP contribution in [0.2, 0.25) is 0 Å². The summed E-state index contributed by atoms with van der Waals surface area (Å²) >= 11 is 1.63. The lowest BCUT2D eigenvalue weighted by Gasteiger charge is -2.20. The Bertz CT molecular complexity index is 422. The summed E-state index contributed by atoms with van der Waals surface area (Å²) in [4.78, 5) is 18.0. The number of aryl methyl sites for hydroxylation is 1. The van der Waals surface area contributed by atoms with Gasteiger partial charge >= 0.3 is 5.97 Å². The van der Waals surface area contributed by atoms with Gasteiger partial charge in [0, 0.05) is 31.5 Å². The number of rotatable bonds is 4. The van der Waals surface area contributed by atoms with Crippen molar-refractivity contribution < 1.29 is 14.3 Å². The molecule has 1 unspecified atom stereocenters. The van der Waals surface area contributed by atoms with E-state index in [1.165, 1.54) is 7.11 Å². The highest BCUT2D eigenvalue weighted by atomic mass is 32.1. The maximum Gasteiger partial charge on any atom is 0.305 e. The lowest BCUT2D eigenvalue weighted by molar-refractivity contribution is -0.140. The maximum atomic E-state index is 11.1. The number of hydrogen-bond donors (Lipinski definition) is 0. The van der Waals surface area contributed by atoms with Gasteiger partial charge in [-0.1, -0.05) is 0 Å². The second-order valence-electron chi connectivity index (χ2n) is 4.68. The molecule has 1 atom stereocenters. The average molecular weight is 284 g/mol. The summed E-state index contributed by atoms with van der Waals surface area (Å²) in [5.41, 5.74) is 0.961. The third kappa shape index (κ3) is 4.18. The monoisotopic (exact) mass is 284 g/mol. The molecule has 106 valence electrons. The normalized spacial score (nSPS) is 20.1. The highest BCUT2D eigenvalue weighted by Gasteiger charge is 2.18. The van der Waals surface area contributed by atoms with Crippen molar-refractivity contribution in [1.29, 1.82) is 0 Å². The molecule has 2 heterocycles. The van der Waals surface area contributed by atoms with E-state index in [2.05, 4.69) is 21.5 Å². The molecule has 0 aliphatic carbocycles. The van der Waals surface area contributed by atoms with Gasteiger partial charge in [-0.2, -0.15) is 0 Å². The molecule has 1 saturated heterocycles. The average Bonchev–Trinajstić information content (AvgIpc) is 2.78. The molecule has 2 rings (SSSR count). The van der Waals surface area contributed by atoms with E-state index in [-0.39, 0.29) is 12.1 Å². The van der Waals surface area contributed by atoms with Crippen LogP contribution in [-0.4, -0.2) is 43.9 Å². The van der Waals surface area contributed by atoms with Crippen molar-refractivity contribution in [1.82, 2.24) is 4.98 Å².